The summed E-state index contributed by atoms with van der Waals surface area (Å²) in [6, 6.07) is 8.34. The summed E-state index contributed by atoms with van der Waals surface area (Å²) in [4.78, 5) is 2.12. The monoisotopic (exact) mass is 277 g/mol. The number of anilines is 1. The first-order chi connectivity index (χ1) is 9.08. The van der Waals surface area contributed by atoms with Gasteiger partial charge in [0.1, 0.15) is 0 Å². The van der Waals surface area contributed by atoms with E-state index < -0.39 is 5.60 Å². The topological polar surface area (TPSA) is 23.5 Å². The number of thioether (sulfide) groups is 1. The molecule has 0 amide bonds. The first-order valence-electron chi connectivity index (χ1n) is 7.23. The summed E-state index contributed by atoms with van der Waals surface area (Å²) in [7, 11) is 4.11. The van der Waals surface area contributed by atoms with Crippen LogP contribution < -0.4 is 4.90 Å². The van der Waals surface area contributed by atoms with Crippen LogP contribution in [-0.2, 0) is 5.60 Å². The van der Waals surface area contributed by atoms with E-state index in [-0.39, 0.29) is 0 Å². The second-order valence-corrected chi connectivity index (χ2v) is 7.77. The van der Waals surface area contributed by atoms with E-state index in [1.165, 1.54) is 19.3 Å². The predicted molar refractivity (Wildman–Crippen MR) is 82.9 cm³/mol. The van der Waals surface area contributed by atoms with Gasteiger partial charge in [0.05, 0.1) is 5.60 Å². The van der Waals surface area contributed by atoms with Gasteiger partial charge in [-0.05, 0) is 31.7 Å². The number of benzene rings is 1. The summed E-state index contributed by atoms with van der Waals surface area (Å²) in [6.45, 7) is 0. The molecule has 2 fully saturated rings. The summed E-state index contributed by atoms with van der Waals surface area (Å²) in [5.74, 6) is 0. The maximum atomic E-state index is 11.2. The average Bonchev–Trinajstić information content (AvgIpc) is 2.38. The first kappa shape index (κ1) is 13.3. The van der Waals surface area contributed by atoms with Crippen LogP contribution in [0.5, 0.6) is 0 Å². The number of para-hydroxylation sites is 1. The van der Waals surface area contributed by atoms with Crippen molar-refractivity contribution >= 4 is 17.4 Å². The Labute approximate surface area is 120 Å². The molecule has 104 valence electrons. The lowest BCUT2D eigenvalue weighted by atomic mass is 9.79. The second kappa shape index (κ2) is 5.02. The Kier molecular flexibility index (Phi) is 3.52. The van der Waals surface area contributed by atoms with Crippen molar-refractivity contribution in [3.8, 4) is 0 Å². The molecule has 2 heterocycles. The van der Waals surface area contributed by atoms with Gasteiger partial charge >= 0.3 is 0 Å². The van der Waals surface area contributed by atoms with Crippen molar-refractivity contribution in [3.63, 3.8) is 0 Å². The zero-order chi connectivity index (χ0) is 13.5. The molecule has 0 radical (unpaired) electrons. The summed E-state index contributed by atoms with van der Waals surface area (Å²) in [6.07, 6.45) is 5.72. The van der Waals surface area contributed by atoms with Crippen LogP contribution in [0.3, 0.4) is 0 Å². The minimum absolute atomic E-state index is 0.623. The maximum Gasteiger partial charge on any atom is 0.0937 e. The summed E-state index contributed by atoms with van der Waals surface area (Å²) < 4.78 is 0. The van der Waals surface area contributed by atoms with Gasteiger partial charge < -0.3 is 10.0 Å². The third-order valence-corrected chi connectivity index (χ3v) is 6.03. The molecule has 0 spiro atoms. The summed E-state index contributed by atoms with van der Waals surface area (Å²) in [5.41, 5.74) is 1.66. The third-order valence-electron chi connectivity index (χ3n) is 4.46. The van der Waals surface area contributed by atoms with Crippen LogP contribution >= 0.6 is 11.8 Å². The molecule has 2 atom stereocenters. The molecule has 19 heavy (non-hydrogen) atoms. The Morgan fingerprint density at radius 2 is 1.79 bits per heavy atom. The molecule has 2 aliphatic rings. The number of hydrogen-bond donors (Lipinski definition) is 1. The molecule has 2 saturated heterocycles. The van der Waals surface area contributed by atoms with Gasteiger partial charge in [-0.3, -0.25) is 0 Å². The van der Waals surface area contributed by atoms with Crippen molar-refractivity contribution in [3.05, 3.63) is 29.8 Å². The zero-order valence-corrected chi connectivity index (χ0v) is 12.6. The number of hydrogen-bond acceptors (Lipinski definition) is 3. The number of rotatable bonds is 2. The first-order valence-corrected chi connectivity index (χ1v) is 8.17. The van der Waals surface area contributed by atoms with Gasteiger partial charge in [-0.25, -0.2) is 0 Å². The van der Waals surface area contributed by atoms with E-state index in [1.54, 1.807) is 0 Å². The van der Waals surface area contributed by atoms with Crippen molar-refractivity contribution in [2.45, 2.75) is 48.2 Å². The lowest BCUT2D eigenvalue weighted by Gasteiger charge is -2.45. The fourth-order valence-electron chi connectivity index (χ4n) is 3.60. The Morgan fingerprint density at radius 3 is 2.42 bits per heavy atom. The van der Waals surface area contributed by atoms with Gasteiger partial charge in [0.25, 0.3) is 0 Å². The van der Waals surface area contributed by atoms with Crippen LogP contribution in [-0.4, -0.2) is 29.7 Å². The van der Waals surface area contributed by atoms with E-state index in [0.29, 0.717) is 10.5 Å². The molecule has 3 rings (SSSR count). The molecule has 2 unspecified atom stereocenters. The molecule has 0 aliphatic carbocycles. The van der Waals surface area contributed by atoms with E-state index in [4.69, 9.17) is 0 Å². The van der Waals surface area contributed by atoms with Crippen LogP contribution in [0, 0.1) is 0 Å². The SMILES string of the molecule is CN(C)c1ccccc1C1(O)CC2CCCC(C1)S2. The Bertz CT molecular complexity index is 448. The molecule has 2 bridgehead atoms. The fourth-order valence-corrected chi connectivity index (χ4v) is 5.49. The molecular weight excluding hydrogens is 254 g/mol. The summed E-state index contributed by atoms with van der Waals surface area (Å²) >= 11 is 2.11. The highest BCUT2D eigenvalue weighted by Crippen LogP contribution is 2.50. The Hall–Kier alpha value is -0.670. The Morgan fingerprint density at radius 1 is 1.16 bits per heavy atom. The highest BCUT2D eigenvalue weighted by molar-refractivity contribution is 8.00. The molecule has 1 aromatic carbocycles. The van der Waals surface area contributed by atoms with E-state index in [1.807, 2.05) is 0 Å². The average molecular weight is 277 g/mol. The lowest BCUT2D eigenvalue weighted by molar-refractivity contribution is 0.00861. The standard InChI is InChI=1S/C16H23NOS/c1-17(2)15-9-4-3-8-14(15)16(18)10-12-6-5-7-13(11-16)19-12/h3-4,8-9,12-13,18H,5-7,10-11H2,1-2H3. The van der Waals surface area contributed by atoms with Crippen molar-refractivity contribution in [2.24, 2.45) is 0 Å². The molecule has 2 aliphatic heterocycles. The zero-order valence-electron chi connectivity index (χ0n) is 11.8. The quantitative estimate of drug-likeness (QED) is 0.896. The van der Waals surface area contributed by atoms with Crippen molar-refractivity contribution in [2.75, 3.05) is 19.0 Å². The van der Waals surface area contributed by atoms with E-state index in [9.17, 15) is 5.11 Å². The molecule has 1 aromatic rings. The van der Waals surface area contributed by atoms with E-state index in [2.05, 4.69) is 55.0 Å². The predicted octanol–water partition coefficient (Wildman–Crippen LogP) is 3.39. The largest absolute Gasteiger partial charge is 0.385 e. The van der Waals surface area contributed by atoms with Gasteiger partial charge in [0.15, 0.2) is 0 Å². The van der Waals surface area contributed by atoms with E-state index >= 15 is 0 Å². The van der Waals surface area contributed by atoms with Crippen molar-refractivity contribution < 1.29 is 5.11 Å². The highest BCUT2D eigenvalue weighted by Gasteiger charge is 2.43. The summed E-state index contributed by atoms with van der Waals surface area (Å²) in [5, 5.41) is 12.5. The molecular formula is C16H23NOS. The van der Waals surface area contributed by atoms with Crippen molar-refractivity contribution in [1.29, 1.82) is 0 Å². The number of aliphatic hydroxyl groups is 1. The second-order valence-electron chi connectivity index (χ2n) is 6.16. The van der Waals surface area contributed by atoms with Crippen LogP contribution in [0.1, 0.15) is 37.7 Å². The van der Waals surface area contributed by atoms with Crippen LogP contribution in [0.4, 0.5) is 5.69 Å². The molecule has 1 N–H and O–H groups in total. The van der Waals surface area contributed by atoms with E-state index in [0.717, 1.165) is 24.1 Å². The van der Waals surface area contributed by atoms with Crippen LogP contribution in [0.2, 0.25) is 0 Å². The smallest absolute Gasteiger partial charge is 0.0937 e. The van der Waals surface area contributed by atoms with Gasteiger partial charge in [-0.2, -0.15) is 11.8 Å². The minimum atomic E-state index is -0.623. The minimum Gasteiger partial charge on any atom is -0.385 e. The number of fused-ring (bicyclic) bond motifs is 2. The van der Waals surface area contributed by atoms with Gasteiger partial charge in [-0.1, -0.05) is 24.6 Å². The third kappa shape index (κ3) is 2.50. The van der Waals surface area contributed by atoms with Gasteiger partial charge in [0.2, 0.25) is 0 Å². The normalized spacial score (nSPS) is 34.1. The van der Waals surface area contributed by atoms with Crippen molar-refractivity contribution in [1.82, 2.24) is 0 Å². The molecule has 0 aromatic heterocycles. The Balaban J connectivity index is 1.96. The molecule has 0 saturated carbocycles. The molecule has 2 nitrogen and oxygen atoms in total. The molecule has 3 heteroatoms. The van der Waals surface area contributed by atoms with Gasteiger partial charge in [-0.15, -0.1) is 0 Å². The van der Waals surface area contributed by atoms with Crippen LogP contribution in [0.25, 0.3) is 0 Å². The van der Waals surface area contributed by atoms with Gasteiger partial charge in [0, 0.05) is 35.8 Å². The highest BCUT2D eigenvalue weighted by atomic mass is 32.2. The lowest BCUT2D eigenvalue weighted by Crippen LogP contribution is -2.41. The van der Waals surface area contributed by atoms with Crippen LogP contribution in [0.15, 0.2) is 24.3 Å². The fraction of sp³-hybridized carbons (Fsp3) is 0.625. The number of nitrogens with zero attached hydrogens (tertiary/aromatic N) is 1. The maximum absolute atomic E-state index is 11.2.